The maximum absolute atomic E-state index is 15.5. The average molecular weight is 1790 g/mol. The zero-order valence-electron chi connectivity index (χ0n) is 71.8. The first kappa shape index (κ1) is 100. The van der Waals surface area contributed by atoms with Gasteiger partial charge in [0, 0.05) is 100 Å². The SMILES string of the molecule is CC(C)C[C@@H]1NC(=O)[C@H](CC(N)=O)NC(=O)[C@H](Cc2ccccc2)N(C)C(=O)[C@@H](CC2=CC(C(N)=O)=CCC2)NC(=O)CSC[C@@H](C(N)=O)NC(=O)[C@H](CCCC(N)=O)NC(=O)[C@H]([C@@H](C)O)NC(=O)[C@H](Cc2cn(C)c3ccccc23)NC(=O)[C@H](C(C)C)NC(=O)[C@H](Cc2cn(C)c3c(Cl)cccc23)NC(=O)[C@H](CC(N)=O)N(C)C(=O)[C@H](CCCC(N)=O)NC1=O. The molecular weight excluding hydrogens is 1670 g/mol. The maximum atomic E-state index is 15.5. The van der Waals surface area contributed by atoms with Gasteiger partial charge in [0.15, 0.2) is 0 Å². The molecule has 0 spiro atoms. The number of halogens is 1. The number of amides is 18. The lowest BCUT2D eigenvalue weighted by Crippen LogP contribution is -2.63. The number of carbonyl (C=O) groups excluding carboxylic acids is 18. The number of aliphatic hydroxyl groups excluding tert-OH is 1. The van der Waals surface area contributed by atoms with Crippen molar-refractivity contribution < 1.29 is 91.4 Å². The second-order valence-corrected chi connectivity index (χ2v) is 33.8. The summed E-state index contributed by atoms with van der Waals surface area (Å²) in [5, 5.41) is 38.7. The Balaban J connectivity index is 1.37. The van der Waals surface area contributed by atoms with Crippen LogP contribution < -0.4 is 87.6 Å². The number of fused-ring (bicyclic) bond motifs is 2. The number of nitrogens with one attached hydrogen (secondary N) is 10. The van der Waals surface area contributed by atoms with Gasteiger partial charge in [0.1, 0.15) is 72.5 Å². The predicted octanol–water partition coefficient (Wildman–Crippen LogP) is -2.25. The molecule has 126 heavy (non-hydrogen) atoms. The molecule has 39 nitrogen and oxygen atoms in total. The number of para-hydroxylation sites is 2. The summed E-state index contributed by atoms with van der Waals surface area (Å²) < 4.78 is 3.41. The van der Waals surface area contributed by atoms with Gasteiger partial charge in [0.25, 0.3) is 0 Å². The molecule has 18 amide bonds. The molecule has 682 valence electrons. The monoisotopic (exact) mass is 1790 g/mol. The summed E-state index contributed by atoms with van der Waals surface area (Å²) in [6, 6.07) is -0.711. The Morgan fingerprint density at radius 3 is 1.59 bits per heavy atom. The molecular formula is C85H115ClN20O19S. The first-order valence-corrected chi connectivity index (χ1v) is 42.7. The van der Waals surface area contributed by atoms with Crippen molar-refractivity contribution in [3.63, 3.8) is 0 Å². The van der Waals surface area contributed by atoms with Crippen LogP contribution in [0.25, 0.3) is 21.8 Å². The number of aryl methyl sites for hydroxylation is 2. The number of hydrogen-bond acceptors (Lipinski definition) is 20. The van der Waals surface area contributed by atoms with Gasteiger partial charge in [0.2, 0.25) is 106 Å². The smallest absolute Gasteiger partial charge is 0.248 e. The largest absolute Gasteiger partial charge is 0.391 e. The minimum Gasteiger partial charge on any atom is -0.391 e. The van der Waals surface area contributed by atoms with Crippen LogP contribution >= 0.6 is 23.4 Å². The van der Waals surface area contributed by atoms with E-state index in [-0.39, 0.29) is 76.2 Å². The molecule has 0 unspecified atom stereocenters. The first-order valence-electron chi connectivity index (χ1n) is 41.2. The van der Waals surface area contributed by atoms with Gasteiger partial charge in [-0.1, -0.05) is 118 Å². The number of primary amides is 6. The Labute approximate surface area is 737 Å². The van der Waals surface area contributed by atoms with E-state index in [2.05, 4.69) is 53.2 Å². The predicted molar refractivity (Wildman–Crippen MR) is 466 cm³/mol. The van der Waals surface area contributed by atoms with Crippen LogP contribution in [0.5, 0.6) is 0 Å². The van der Waals surface area contributed by atoms with Crippen LogP contribution in [0.1, 0.15) is 128 Å². The van der Waals surface area contributed by atoms with Crippen molar-refractivity contribution in [1.29, 1.82) is 0 Å². The Bertz CT molecular complexity index is 4970. The van der Waals surface area contributed by atoms with Gasteiger partial charge < -0.3 is 112 Å². The molecule has 2 aliphatic rings. The van der Waals surface area contributed by atoms with Crippen molar-refractivity contribution in [3.8, 4) is 0 Å². The Hall–Kier alpha value is -12.7. The number of thioether (sulfide) groups is 1. The molecule has 41 heteroatoms. The van der Waals surface area contributed by atoms with E-state index in [9.17, 15) is 53.1 Å². The van der Waals surface area contributed by atoms with Crippen LogP contribution in [0.2, 0.25) is 5.02 Å². The summed E-state index contributed by atoms with van der Waals surface area (Å²) in [6.45, 7) is 7.55. The summed E-state index contributed by atoms with van der Waals surface area (Å²) in [6.07, 6.45) is -0.225. The fourth-order valence-electron chi connectivity index (χ4n) is 14.9. The molecule has 1 saturated heterocycles. The maximum Gasteiger partial charge on any atom is 0.248 e. The van der Waals surface area contributed by atoms with Crippen LogP contribution in [0, 0.1) is 11.8 Å². The lowest BCUT2D eigenvalue weighted by Gasteiger charge is -2.33. The summed E-state index contributed by atoms with van der Waals surface area (Å²) in [5.41, 5.74) is 37.2. The molecule has 0 bridgehead atoms. The lowest BCUT2D eigenvalue weighted by atomic mass is 9.93. The summed E-state index contributed by atoms with van der Waals surface area (Å²) in [7, 11) is 5.70. The molecule has 23 N–H and O–H groups in total. The highest BCUT2D eigenvalue weighted by atomic mass is 35.5. The number of benzene rings is 3. The van der Waals surface area contributed by atoms with Gasteiger partial charge in [-0.25, -0.2) is 0 Å². The number of rotatable bonds is 26. The number of aromatic nitrogens is 2. The van der Waals surface area contributed by atoms with Crippen molar-refractivity contribution in [2.75, 3.05) is 25.6 Å². The molecule has 0 radical (unpaired) electrons. The molecule has 1 fully saturated rings. The number of nitrogens with zero attached hydrogens (tertiary/aromatic N) is 4. The Kier molecular flexibility index (Phi) is 37.3. The Morgan fingerprint density at radius 1 is 0.492 bits per heavy atom. The molecule has 1 aliphatic heterocycles. The van der Waals surface area contributed by atoms with Gasteiger partial charge in [-0.15, -0.1) is 11.8 Å². The zero-order valence-corrected chi connectivity index (χ0v) is 73.3. The van der Waals surface area contributed by atoms with E-state index in [0.717, 1.165) is 35.5 Å². The second-order valence-electron chi connectivity index (χ2n) is 32.4. The second kappa shape index (κ2) is 46.8. The van der Waals surface area contributed by atoms with Crippen molar-refractivity contribution >= 4 is 151 Å². The van der Waals surface area contributed by atoms with Crippen LogP contribution in [-0.2, 0) is 120 Å². The van der Waals surface area contributed by atoms with E-state index < -0.39 is 234 Å². The first-order chi connectivity index (χ1) is 59.4. The number of likely N-dealkylation sites (N-methyl/N-ethyl adjacent to an activating group) is 2. The molecule has 7 rings (SSSR count). The highest BCUT2D eigenvalue weighted by molar-refractivity contribution is 8.00. The quantitative estimate of drug-likeness (QED) is 0.0278. The number of allylic oxidation sites excluding steroid dienone is 1. The van der Waals surface area contributed by atoms with E-state index >= 15 is 38.4 Å². The molecule has 13 atom stereocenters. The van der Waals surface area contributed by atoms with Crippen molar-refractivity contribution in [1.82, 2.24) is 72.1 Å². The molecule has 3 aromatic carbocycles. The van der Waals surface area contributed by atoms with Crippen LogP contribution in [0.4, 0.5) is 0 Å². The third-order valence-electron chi connectivity index (χ3n) is 21.5. The fourth-order valence-corrected chi connectivity index (χ4v) is 16.1. The molecule has 3 heterocycles. The summed E-state index contributed by atoms with van der Waals surface area (Å²) in [4.78, 5) is 259. The number of carbonyl (C=O) groups is 18. The normalized spacial score (nSPS) is 23.2. The fraction of sp³-hybridized carbons (Fsp3) is 0.482. The van der Waals surface area contributed by atoms with E-state index in [1.807, 2.05) is 0 Å². The van der Waals surface area contributed by atoms with Crippen molar-refractivity contribution in [3.05, 3.63) is 130 Å². The minimum absolute atomic E-state index is 0.0879. The third-order valence-corrected chi connectivity index (χ3v) is 22.9. The highest BCUT2D eigenvalue weighted by Gasteiger charge is 2.42. The average Bonchev–Trinajstić information content (AvgIpc) is 1.63. The Morgan fingerprint density at radius 2 is 0.992 bits per heavy atom. The van der Waals surface area contributed by atoms with Gasteiger partial charge in [-0.05, 0) is 98.9 Å². The summed E-state index contributed by atoms with van der Waals surface area (Å²) in [5.74, 6) is -21.2. The molecule has 2 aromatic heterocycles. The zero-order chi connectivity index (χ0) is 93.2. The minimum atomic E-state index is -1.97. The number of hydrogen-bond donors (Lipinski definition) is 17. The van der Waals surface area contributed by atoms with Crippen LogP contribution in [0.3, 0.4) is 0 Å². The van der Waals surface area contributed by atoms with E-state index in [1.54, 1.807) is 142 Å². The lowest BCUT2D eigenvalue weighted by molar-refractivity contribution is -0.144. The third kappa shape index (κ3) is 28.9. The van der Waals surface area contributed by atoms with Gasteiger partial charge in [-0.3, -0.25) is 86.3 Å². The van der Waals surface area contributed by atoms with Crippen LogP contribution in [0.15, 0.2) is 108 Å². The topological polar surface area (TPSA) is 620 Å². The number of aliphatic hydroxyl groups is 1. The van der Waals surface area contributed by atoms with Crippen molar-refractivity contribution in [2.45, 2.75) is 210 Å². The van der Waals surface area contributed by atoms with E-state index in [1.165, 1.54) is 13.1 Å². The number of nitrogens with two attached hydrogens (primary N) is 6. The summed E-state index contributed by atoms with van der Waals surface area (Å²) >= 11 is 7.46. The molecule has 0 saturated carbocycles. The van der Waals surface area contributed by atoms with E-state index in [4.69, 9.17) is 46.0 Å². The molecule has 1 aliphatic carbocycles. The standard InChI is InChI=1S/C85H115ClN20O19S/c1-43(2)31-56-76(116)95-55(27-18-30-66(88)109)84(124)106(9)64(38-68(90)111)81(121)97-57(36-50-40-104(7)72-52(50)24-16-25-53(72)86)78(118)101-70(44(3)4)82(122)99-58(35-49-39-103(6)62-28-14-13-23-51(49)62)79(119)102-71(45(5)107)83(123)94-54(26-17-29-65(87)108)75(115)100-61(74(92)114)41-126-42-69(112)93-60(33-47-21-15-22-48(32-47)73(91)113)85(125)105(8)63(34-46-19-11-10-12-20-46)80(120)98-59(37-67(89)110)77(117)96-56/h10-14,16,19-20,22-25,28,32,39-40,43-45,54-61,63-64,70-71,107H,15,17-18,21,26-27,29-31,33-38,41-42H2,1-9H3,(H2,87,108)(H2,88,109)(H2,89,110)(H2,90,111)(H2,91,113)(H2,92,114)(H,93,112)(H,94,123)(H,95,116)(H,96,117)(H,97,121)(H,98,120)(H,99,122)(H,100,115)(H,101,118)(H,102,119)/t45-,54+,55+,56+,57+,58+,59+,60-,61+,63+,64+,70+,71+/m1/s1. The van der Waals surface area contributed by atoms with Crippen molar-refractivity contribution in [2.24, 2.45) is 60.3 Å². The highest BCUT2D eigenvalue weighted by Crippen LogP contribution is 2.30. The van der Waals surface area contributed by atoms with Crippen LogP contribution in [-0.4, -0.2) is 235 Å². The molecule has 5 aromatic rings. The van der Waals surface area contributed by atoms with Gasteiger partial charge in [0.05, 0.1) is 35.2 Å². The van der Waals surface area contributed by atoms with Gasteiger partial charge >= 0.3 is 0 Å². The van der Waals surface area contributed by atoms with E-state index in [0.29, 0.717) is 49.1 Å². The van der Waals surface area contributed by atoms with Gasteiger partial charge in [-0.2, -0.15) is 0 Å².